The van der Waals surface area contributed by atoms with E-state index in [1.807, 2.05) is 0 Å². The molecule has 20 heavy (non-hydrogen) atoms. The van der Waals surface area contributed by atoms with Crippen molar-refractivity contribution >= 4 is 15.9 Å². The molecule has 2 N–H and O–H groups in total. The van der Waals surface area contributed by atoms with Crippen molar-refractivity contribution in [3.05, 3.63) is 34.1 Å². The summed E-state index contributed by atoms with van der Waals surface area (Å²) in [5, 5.41) is 12.1. The highest BCUT2D eigenvalue weighted by molar-refractivity contribution is 9.10. The van der Waals surface area contributed by atoms with E-state index in [4.69, 9.17) is 5.11 Å². The molecule has 3 nitrogen and oxygen atoms in total. The summed E-state index contributed by atoms with van der Waals surface area (Å²) < 4.78 is 41.6. The van der Waals surface area contributed by atoms with Crippen LogP contribution in [0.15, 0.2) is 22.7 Å². The summed E-state index contributed by atoms with van der Waals surface area (Å²) in [6.07, 6.45) is 0. The van der Waals surface area contributed by atoms with E-state index in [1.54, 1.807) is 4.90 Å². The molecule has 1 saturated heterocycles. The lowest BCUT2D eigenvalue weighted by atomic mass is 9.98. The van der Waals surface area contributed by atoms with Crippen molar-refractivity contribution < 1.29 is 18.3 Å². The molecule has 1 aromatic rings. The van der Waals surface area contributed by atoms with Gasteiger partial charge in [0.25, 0.3) is 5.92 Å². The molecule has 1 fully saturated rings. The standard InChI is InChI=1S/C13H16BrF3N2O/c14-10-7-9(1-2-11(10)15)12(13(16,17)8-20)19-5-3-18-4-6-19/h1-2,7,12,18,20H,3-6,8H2/t12-/m1/s1. The van der Waals surface area contributed by atoms with Gasteiger partial charge in [-0.05, 0) is 33.6 Å². The van der Waals surface area contributed by atoms with Gasteiger partial charge in [-0.3, -0.25) is 4.90 Å². The molecule has 2 rings (SSSR count). The minimum atomic E-state index is -3.28. The monoisotopic (exact) mass is 352 g/mol. The summed E-state index contributed by atoms with van der Waals surface area (Å²) >= 11 is 3.01. The van der Waals surface area contributed by atoms with E-state index in [1.165, 1.54) is 12.1 Å². The number of benzene rings is 1. The molecule has 1 atom stereocenters. The molecule has 0 amide bonds. The number of halogens is 4. The van der Waals surface area contributed by atoms with Crippen LogP contribution in [0.2, 0.25) is 0 Å². The molecular formula is C13H16BrF3N2O. The second-order valence-corrected chi connectivity index (χ2v) is 5.64. The molecule has 0 spiro atoms. The molecule has 0 bridgehead atoms. The molecule has 1 aliphatic heterocycles. The summed E-state index contributed by atoms with van der Waals surface area (Å²) in [6.45, 7) is 0.891. The van der Waals surface area contributed by atoms with Crippen LogP contribution in [0.1, 0.15) is 11.6 Å². The molecular weight excluding hydrogens is 337 g/mol. The number of rotatable bonds is 4. The molecule has 0 unspecified atom stereocenters. The van der Waals surface area contributed by atoms with Gasteiger partial charge in [0.2, 0.25) is 0 Å². The quantitative estimate of drug-likeness (QED) is 0.871. The van der Waals surface area contributed by atoms with Crippen LogP contribution in [0.3, 0.4) is 0 Å². The lowest BCUT2D eigenvalue weighted by Crippen LogP contribution is -2.51. The second kappa shape index (κ2) is 6.43. The summed E-state index contributed by atoms with van der Waals surface area (Å²) in [7, 11) is 0. The van der Waals surface area contributed by atoms with Crippen LogP contribution < -0.4 is 5.32 Å². The SMILES string of the molecule is OCC(F)(F)[C@@H](c1ccc(F)c(Br)c1)N1CCNCC1. The number of hydrogen-bond donors (Lipinski definition) is 2. The smallest absolute Gasteiger partial charge is 0.289 e. The largest absolute Gasteiger partial charge is 0.390 e. The average Bonchev–Trinajstić information content (AvgIpc) is 2.44. The number of aliphatic hydroxyl groups is 1. The highest BCUT2D eigenvalue weighted by atomic mass is 79.9. The highest BCUT2D eigenvalue weighted by Crippen LogP contribution is 2.37. The first-order valence-electron chi connectivity index (χ1n) is 6.34. The van der Waals surface area contributed by atoms with E-state index < -0.39 is 24.4 Å². The zero-order chi connectivity index (χ0) is 14.8. The van der Waals surface area contributed by atoms with Crippen LogP contribution in [-0.2, 0) is 0 Å². The van der Waals surface area contributed by atoms with E-state index >= 15 is 0 Å². The van der Waals surface area contributed by atoms with E-state index in [0.29, 0.717) is 31.7 Å². The summed E-state index contributed by atoms with van der Waals surface area (Å²) in [6, 6.07) is 2.59. The molecule has 1 aliphatic rings. The zero-order valence-corrected chi connectivity index (χ0v) is 12.3. The predicted molar refractivity (Wildman–Crippen MR) is 73.3 cm³/mol. The Morgan fingerprint density at radius 2 is 2.00 bits per heavy atom. The van der Waals surface area contributed by atoms with Crippen LogP contribution in [0.5, 0.6) is 0 Å². The molecule has 1 heterocycles. The Balaban J connectivity index is 2.36. The fourth-order valence-corrected chi connectivity index (χ4v) is 2.83. The van der Waals surface area contributed by atoms with Crippen LogP contribution in [-0.4, -0.2) is 48.7 Å². The van der Waals surface area contributed by atoms with Gasteiger partial charge in [-0.2, -0.15) is 0 Å². The molecule has 0 aliphatic carbocycles. The summed E-state index contributed by atoms with van der Waals surface area (Å²) in [5.41, 5.74) is 0.291. The maximum absolute atomic E-state index is 14.1. The van der Waals surface area contributed by atoms with Gasteiger partial charge in [0.05, 0.1) is 4.47 Å². The number of nitrogens with zero attached hydrogens (tertiary/aromatic N) is 1. The van der Waals surface area contributed by atoms with Crippen molar-refractivity contribution in [2.24, 2.45) is 0 Å². The fraction of sp³-hybridized carbons (Fsp3) is 0.538. The van der Waals surface area contributed by atoms with E-state index in [0.717, 1.165) is 6.07 Å². The zero-order valence-electron chi connectivity index (χ0n) is 10.8. The number of nitrogens with one attached hydrogen (secondary N) is 1. The minimum Gasteiger partial charge on any atom is -0.390 e. The van der Waals surface area contributed by atoms with Gasteiger partial charge in [0.1, 0.15) is 18.5 Å². The predicted octanol–water partition coefficient (Wildman–Crippen LogP) is 2.16. The van der Waals surface area contributed by atoms with Crippen molar-refractivity contribution in [2.75, 3.05) is 32.8 Å². The number of alkyl halides is 2. The van der Waals surface area contributed by atoms with E-state index in [2.05, 4.69) is 21.2 Å². The minimum absolute atomic E-state index is 0.142. The summed E-state index contributed by atoms with van der Waals surface area (Å²) in [4.78, 5) is 1.62. The molecule has 0 radical (unpaired) electrons. The Bertz CT molecular complexity index is 467. The topological polar surface area (TPSA) is 35.5 Å². The number of piperazine rings is 1. The van der Waals surface area contributed by atoms with Gasteiger partial charge < -0.3 is 10.4 Å². The van der Waals surface area contributed by atoms with E-state index in [9.17, 15) is 13.2 Å². The van der Waals surface area contributed by atoms with Crippen LogP contribution >= 0.6 is 15.9 Å². The van der Waals surface area contributed by atoms with Gasteiger partial charge in [0.15, 0.2) is 0 Å². The van der Waals surface area contributed by atoms with Crippen molar-refractivity contribution in [3.63, 3.8) is 0 Å². The Kier molecular flexibility index (Phi) is 5.06. The van der Waals surface area contributed by atoms with Crippen LogP contribution in [0.25, 0.3) is 0 Å². The Labute approximate surface area is 123 Å². The van der Waals surface area contributed by atoms with Crippen LogP contribution in [0, 0.1) is 5.82 Å². The first kappa shape index (κ1) is 15.8. The molecule has 112 valence electrons. The second-order valence-electron chi connectivity index (χ2n) is 4.78. The number of aliphatic hydroxyl groups excluding tert-OH is 1. The highest BCUT2D eigenvalue weighted by Gasteiger charge is 2.44. The summed E-state index contributed by atoms with van der Waals surface area (Å²) in [5.74, 6) is -3.78. The fourth-order valence-electron chi connectivity index (χ4n) is 2.43. The Morgan fingerprint density at radius 3 is 2.55 bits per heavy atom. The molecule has 1 aromatic carbocycles. The molecule has 0 saturated carbocycles. The van der Waals surface area contributed by atoms with Gasteiger partial charge in [-0.15, -0.1) is 0 Å². The van der Waals surface area contributed by atoms with Crippen molar-refractivity contribution in [2.45, 2.75) is 12.0 Å². The molecule has 7 heteroatoms. The normalized spacial score (nSPS) is 19.1. The maximum atomic E-state index is 14.1. The van der Waals surface area contributed by atoms with Gasteiger partial charge in [0, 0.05) is 26.2 Å². The van der Waals surface area contributed by atoms with Crippen molar-refractivity contribution in [1.29, 1.82) is 0 Å². The number of hydrogen-bond acceptors (Lipinski definition) is 3. The Hall–Kier alpha value is -0.630. The first-order chi connectivity index (χ1) is 9.45. The third-order valence-corrected chi connectivity index (χ3v) is 3.99. The average molecular weight is 353 g/mol. The van der Waals surface area contributed by atoms with Gasteiger partial charge >= 0.3 is 0 Å². The van der Waals surface area contributed by atoms with Crippen molar-refractivity contribution in [3.8, 4) is 0 Å². The Morgan fingerprint density at radius 1 is 1.35 bits per heavy atom. The third kappa shape index (κ3) is 3.33. The first-order valence-corrected chi connectivity index (χ1v) is 7.13. The van der Waals surface area contributed by atoms with E-state index in [-0.39, 0.29) is 4.47 Å². The third-order valence-electron chi connectivity index (χ3n) is 3.39. The lowest BCUT2D eigenvalue weighted by Gasteiger charge is -2.38. The van der Waals surface area contributed by atoms with Gasteiger partial charge in [-0.1, -0.05) is 6.07 Å². The van der Waals surface area contributed by atoms with Crippen LogP contribution in [0.4, 0.5) is 13.2 Å². The van der Waals surface area contributed by atoms with Gasteiger partial charge in [-0.25, -0.2) is 13.2 Å². The lowest BCUT2D eigenvalue weighted by molar-refractivity contribution is -0.118. The van der Waals surface area contributed by atoms with Crippen molar-refractivity contribution in [1.82, 2.24) is 10.2 Å². The maximum Gasteiger partial charge on any atom is 0.289 e. The molecule has 0 aromatic heterocycles.